The van der Waals surface area contributed by atoms with Gasteiger partial charge in [0, 0.05) is 5.56 Å². The smallest absolute Gasteiger partial charge is 0.201 e. The van der Waals surface area contributed by atoms with Gasteiger partial charge in [0.15, 0.2) is 11.6 Å². The summed E-state index contributed by atoms with van der Waals surface area (Å²) in [7, 11) is 0. The van der Waals surface area contributed by atoms with E-state index in [1.807, 2.05) is 6.08 Å². The highest BCUT2D eigenvalue weighted by atomic mass is 19.2. The molecule has 2 rings (SSSR count). The van der Waals surface area contributed by atoms with Crippen LogP contribution in [0.5, 0.6) is 5.75 Å². The van der Waals surface area contributed by atoms with Crippen molar-refractivity contribution < 1.29 is 13.5 Å². The van der Waals surface area contributed by atoms with Crippen molar-refractivity contribution in [2.24, 2.45) is 11.8 Å². The quantitative estimate of drug-likeness (QED) is 0.259. The summed E-state index contributed by atoms with van der Waals surface area (Å²) in [5, 5.41) is 0. The maximum atomic E-state index is 14.5. The number of ether oxygens (including phenoxy) is 1. The lowest BCUT2D eigenvalue weighted by molar-refractivity contribution is 0.267. The van der Waals surface area contributed by atoms with Crippen molar-refractivity contribution in [1.82, 2.24) is 0 Å². The molecule has 3 heteroatoms. The molecule has 0 radical (unpaired) electrons. The lowest BCUT2D eigenvalue weighted by Gasteiger charge is -2.30. The number of hydrogen-bond acceptors (Lipinski definition) is 1. The minimum atomic E-state index is -0.870. The molecule has 1 aliphatic rings. The molecule has 1 aromatic rings. The highest BCUT2D eigenvalue weighted by molar-refractivity contribution is 5.67. The van der Waals surface area contributed by atoms with E-state index in [0.717, 1.165) is 37.2 Å². The third-order valence-corrected chi connectivity index (χ3v) is 5.95. The van der Waals surface area contributed by atoms with E-state index in [-0.39, 0.29) is 5.75 Å². The van der Waals surface area contributed by atoms with Gasteiger partial charge in [-0.3, -0.25) is 0 Å². The molecule has 0 saturated carbocycles. The minimum absolute atomic E-state index is 0.00231. The predicted molar refractivity (Wildman–Crippen MR) is 115 cm³/mol. The Morgan fingerprint density at radius 2 is 1.96 bits per heavy atom. The Bertz CT molecular complexity index is 650. The van der Waals surface area contributed by atoms with E-state index in [4.69, 9.17) is 4.74 Å². The molecule has 1 aliphatic carbocycles. The van der Waals surface area contributed by atoms with Gasteiger partial charge in [-0.25, -0.2) is 4.39 Å². The summed E-state index contributed by atoms with van der Waals surface area (Å²) in [5.41, 5.74) is 1.34. The summed E-state index contributed by atoms with van der Waals surface area (Å²) in [6.45, 7) is 8.14. The Morgan fingerprint density at radius 1 is 1.14 bits per heavy atom. The maximum absolute atomic E-state index is 14.5. The Morgan fingerprint density at radius 3 is 2.61 bits per heavy atom. The summed E-state index contributed by atoms with van der Waals surface area (Å²) in [6.07, 6.45) is 15.7. The Kier molecular flexibility index (Phi) is 9.73. The largest absolute Gasteiger partial charge is 0.491 e. The van der Waals surface area contributed by atoms with E-state index in [2.05, 4.69) is 19.6 Å². The van der Waals surface area contributed by atoms with Gasteiger partial charge in [0.25, 0.3) is 0 Å². The molecule has 0 spiro atoms. The number of hydrogen-bond donors (Lipinski definition) is 0. The van der Waals surface area contributed by atoms with Crippen molar-refractivity contribution >= 4 is 5.57 Å². The molecule has 0 bridgehead atoms. The second-order valence-corrected chi connectivity index (χ2v) is 7.91. The zero-order valence-electron chi connectivity index (χ0n) is 17.6. The molecule has 2 atom stereocenters. The van der Waals surface area contributed by atoms with Gasteiger partial charge in [0.2, 0.25) is 5.82 Å². The molecule has 0 heterocycles. The molecular formula is C25H36F2O. The SMILES string of the molecule is C=CCCCCCC(CCC)C1CC=C(c2ccc(OCC)c(F)c2F)CC1. The lowest BCUT2D eigenvalue weighted by Crippen LogP contribution is -2.17. The maximum Gasteiger partial charge on any atom is 0.201 e. The van der Waals surface area contributed by atoms with E-state index < -0.39 is 11.6 Å². The average Bonchev–Trinajstić information content (AvgIpc) is 2.71. The van der Waals surface area contributed by atoms with Crippen LogP contribution >= 0.6 is 0 Å². The normalized spacial score (nSPS) is 17.9. The van der Waals surface area contributed by atoms with Crippen LogP contribution < -0.4 is 4.74 Å². The van der Waals surface area contributed by atoms with Crippen molar-refractivity contribution in [3.8, 4) is 5.75 Å². The fraction of sp³-hybridized carbons (Fsp3) is 0.600. The summed E-state index contributed by atoms with van der Waals surface area (Å²) >= 11 is 0. The van der Waals surface area contributed by atoms with Crippen molar-refractivity contribution in [1.29, 1.82) is 0 Å². The van der Waals surface area contributed by atoms with Gasteiger partial charge in [-0.05, 0) is 68.6 Å². The van der Waals surface area contributed by atoms with E-state index >= 15 is 0 Å². The lowest BCUT2D eigenvalue weighted by atomic mass is 9.75. The number of benzene rings is 1. The van der Waals surface area contributed by atoms with Crippen LogP contribution in [0, 0.1) is 23.5 Å². The molecule has 0 fully saturated rings. The molecule has 0 saturated heterocycles. The van der Waals surface area contributed by atoms with Crippen LogP contribution in [0.1, 0.15) is 83.6 Å². The molecule has 2 unspecified atom stereocenters. The first-order valence-electron chi connectivity index (χ1n) is 11.0. The summed E-state index contributed by atoms with van der Waals surface area (Å²) in [5.74, 6) is -0.238. The Hall–Kier alpha value is -1.64. The summed E-state index contributed by atoms with van der Waals surface area (Å²) in [6, 6.07) is 3.21. The van der Waals surface area contributed by atoms with Crippen LogP contribution in [0.15, 0.2) is 30.9 Å². The van der Waals surface area contributed by atoms with Crippen LogP contribution in [0.4, 0.5) is 8.78 Å². The number of unbranched alkanes of at least 4 members (excludes halogenated alkanes) is 3. The third-order valence-electron chi connectivity index (χ3n) is 5.95. The molecule has 0 N–H and O–H groups in total. The highest BCUT2D eigenvalue weighted by Crippen LogP contribution is 2.39. The number of halogens is 2. The van der Waals surface area contributed by atoms with Gasteiger partial charge in [0.1, 0.15) is 0 Å². The first-order chi connectivity index (χ1) is 13.6. The highest BCUT2D eigenvalue weighted by Gasteiger charge is 2.25. The third kappa shape index (κ3) is 6.18. The summed E-state index contributed by atoms with van der Waals surface area (Å²) < 4.78 is 33.9. The van der Waals surface area contributed by atoms with Crippen LogP contribution in [0.3, 0.4) is 0 Å². The molecule has 156 valence electrons. The second-order valence-electron chi connectivity index (χ2n) is 7.91. The molecule has 0 aliphatic heterocycles. The van der Waals surface area contributed by atoms with Crippen molar-refractivity contribution in [2.75, 3.05) is 6.61 Å². The topological polar surface area (TPSA) is 9.23 Å². The predicted octanol–water partition coefficient (Wildman–Crippen LogP) is 8.10. The molecule has 1 nitrogen and oxygen atoms in total. The van der Waals surface area contributed by atoms with Gasteiger partial charge >= 0.3 is 0 Å². The van der Waals surface area contributed by atoms with Crippen LogP contribution in [-0.2, 0) is 0 Å². The Labute approximate surface area is 169 Å². The van der Waals surface area contributed by atoms with Gasteiger partial charge < -0.3 is 4.74 Å². The zero-order chi connectivity index (χ0) is 20.4. The van der Waals surface area contributed by atoms with Crippen LogP contribution in [-0.4, -0.2) is 6.61 Å². The number of rotatable bonds is 12. The van der Waals surface area contributed by atoms with Crippen LogP contribution in [0.25, 0.3) is 5.57 Å². The zero-order valence-corrected chi connectivity index (χ0v) is 17.6. The van der Waals surface area contributed by atoms with Crippen molar-refractivity contribution in [3.05, 3.63) is 48.1 Å². The fourth-order valence-corrected chi connectivity index (χ4v) is 4.43. The van der Waals surface area contributed by atoms with Gasteiger partial charge in [-0.15, -0.1) is 6.58 Å². The van der Waals surface area contributed by atoms with Crippen LogP contribution in [0.2, 0.25) is 0 Å². The van der Waals surface area contributed by atoms with Gasteiger partial charge in [-0.2, -0.15) is 4.39 Å². The molecule has 1 aromatic carbocycles. The molecular weight excluding hydrogens is 354 g/mol. The standard InChI is InChI=1S/C25H36F2O/c1-4-7-8-9-10-12-19(11-5-2)20-13-15-21(16-14-20)22-17-18-23(28-6-3)25(27)24(22)26/h4,15,17-20H,1,5-14,16H2,2-3H3. The van der Waals surface area contributed by atoms with Crippen molar-refractivity contribution in [2.45, 2.75) is 78.1 Å². The van der Waals surface area contributed by atoms with E-state index in [0.29, 0.717) is 18.1 Å². The minimum Gasteiger partial charge on any atom is -0.491 e. The summed E-state index contributed by atoms with van der Waals surface area (Å²) in [4.78, 5) is 0. The Balaban J connectivity index is 1.99. The monoisotopic (exact) mass is 390 g/mol. The molecule has 0 amide bonds. The van der Waals surface area contributed by atoms with Gasteiger partial charge in [-0.1, -0.05) is 51.2 Å². The fourth-order valence-electron chi connectivity index (χ4n) is 4.43. The average molecular weight is 391 g/mol. The van der Waals surface area contributed by atoms with Gasteiger partial charge in [0.05, 0.1) is 6.61 Å². The van der Waals surface area contributed by atoms with E-state index in [1.165, 1.54) is 38.5 Å². The molecule has 28 heavy (non-hydrogen) atoms. The van der Waals surface area contributed by atoms with Crippen molar-refractivity contribution in [3.63, 3.8) is 0 Å². The van der Waals surface area contributed by atoms with E-state index in [1.54, 1.807) is 19.1 Å². The number of allylic oxidation sites excluding steroid dienone is 3. The first kappa shape index (κ1) is 22.6. The van der Waals surface area contributed by atoms with E-state index in [9.17, 15) is 8.78 Å². The first-order valence-corrected chi connectivity index (χ1v) is 11.0. The molecule has 0 aromatic heterocycles. The second kappa shape index (κ2) is 12.0.